The van der Waals surface area contributed by atoms with E-state index in [2.05, 4.69) is 121 Å². The Kier molecular flexibility index (Phi) is 6.53. The van der Waals surface area contributed by atoms with Gasteiger partial charge in [-0.25, -0.2) is 0 Å². The summed E-state index contributed by atoms with van der Waals surface area (Å²) in [6.07, 6.45) is 12.3. The number of allylic oxidation sites excluding steroid dienone is 6. The normalized spacial score (nSPS) is 14.7. The Balaban J connectivity index is 1.40. The van der Waals surface area contributed by atoms with Gasteiger partial charge in [-0.2, -0.15) is 5.26 Å². The minimum atomic E-state index is -0.420. The Morgan fingerprint density at radius 2 is 1.42 bits per heavy atom. The standard InChI is InChI=1S/C40H31N3/c41-23-22-27(25-42)10-2-1-3-12-30(26-43)29-18-20-34-38(24-29)40(37-21-19-28-11-4-5-13-31(28)39(34)37)35-16-8-6-14-32(35)33-15-7-9-17-36(33)40/h3-24,26H,1-2,41,43H2/b12-3-,23-22-,27-10+,30-26+. The maximum Gasteiger partial charge on any atom is 0.0988 e. The first-order valence-corrected chi connectivity index (χ1v) is 14.7. The Morgan fingerprint density at radius 1 is 0.698 bits per heavy atom. The number of hydrogen-bond acceptors (Lipinski definition) is 3. The van der Waals surface area contributed by atoms with E-state index >= 15 is 0 Å². The average Bonchev–Trinajstić information content (AvgIpc) is 3.53. The summed E-state index contributed by atoms with van der Waals surface area (Å²) in [5.41, 5.74) is 24.3. The van der Waals surface area contributed by atoms with Gasteiger partial charge in [-0.15, -0.1) is 0 Å². The quantitative estimate of drug-likeness (QED) is 0.123. The predicted molar refractivity (Wildman–Crippen MR) is 178 cm³/mol. The van der Waals surface area contributed by atoms with Crippen LogP contribution in [0.4, 0.5) is 0 Å². The summed E-state index contributed by atoms with van der Waals surface area (Å²) in [4.78, 5) is 0. The molecule has 2 aliphatic carbocycles. The molecule has 0 unspecified atom stereocenters. The predicted octanol–water partition coefficient (Wildman–Crippen LogP) is 8.74. The zero-order valence-corrected chi connectivity index (χ0v) is 23.8. The van der Waals surface area contributed by atoms with E-state index in [1.807, 2.05) is 6.08 Å². The molecule has 5 aromatic carbocycles. The van der Waals surface area contributed by atoms with E-state index in [9.17, 15) is 5.26 Å². The molecule has 3 nitrogen and oxygen atoms in total. The van der Waals surface area contributed by atoms with Crippen molar-refractivity contribution in [1.29, 1.82) is 5.26 Å². The molecule has 206 valence electrons. The van der Waals surface area contributed by atoms with Crippen molar-refractivity contribution in [2.75, 3.05) is 0 Å². The first kappa shape index (κ1) is 26.3. The number of nitriles is 1. The summed E-state index contributed by atoms with van der Waals surface area (Å²) in [6.45, 7) is 0. The molecule has 0 heterocycles. The minimum absolute atomic E-state index is 0.420. The van der Waals surface area contributed by atoms with Gasteiger partial charge in [0.05, 0.1) is 11.5 Å². The van der Waals surface area contributed by atoms with E-state index in [-0.39, 0.29) is 0 Å². The van der Waals surface area contributed by atoms with E-state index in [1.165, 1.54) is 61.5 Å². The number of fused-ring (bicyclic) bond motifs is 12. The van der Waals surface area contributed by atoms with Crippen molar-refractivity contribution in [2.45, 2.75) is 18.3 Å². The monoisotopic (exact) mass is 553 g/mol. The van der Waals surface area contributed by atoms with Gasteiger partial charge >= 0.3 is 0 Å². The molecule has 3 heteroatoms. The van der Waals surface area contributed by atoms with Crippen LogP contribution in [0.25, 0.3) is 38.6 Å². The molecule has 1 spiro atoms. The van der Waals surface area contributed by atoms with Gasteiger partial charge in [0.25, 0.3) is 0 Å². The van der Waals surface area contributed by atoms with Crippen LogP contribution in [0.5, 0.6) is 0 Å². The summed E-state index contributed by atoms with van der Waals surface area (Å²) in [7, 11) is 0. The van der Waals surface area contributed by atoms with Crippen molar-refractivity contribution >= 4 is 16.3 Å². The fourth-order valence-corrected chi connectivity index (χ4v) is 7.13. The number of nitrogens with zero attached hydrogens (tertiary/aromatic N) is 1. The maximum atomic E-state index is 9.23. The van der Waals surface area contributed by atoms with Crippen molar-refractivity contribution in [3.8, 4) is 28.3 Å². The molecule has 0 aliphatic heterocycles. The third kappa shape index (κ3) is 3.95. The first-order valence-electron chi connectivity index (χ1n) is 14.7. The SMILES string of the molecule is N#CC(/C=C\N)=C/CC/C=C\C(=C/N)c1ccc2c(c1)C1(c3ccccc3-c3ccccc31)c1ccc3ccccc3c1-2. The highest BCUT2D eigenvalue weighted by Crippen LogP contribution is 2.63. The Labute approximate surface area is 252 Å². The van der Waals surface area contributed by atoms with Crippen LogP contribution in [0.15, 0.2) is 145 Å². The molecule has 0 atom stereocenters. The fourth-order valence-electron chi connectivity index (χ4n) is 7.13. The van der Waals surface area contributed by atoms with Crippen LogP contribution in [0.2, 0.25) is 0 Å². The van der Waals surface area contributed by atoms with Crippen LogP contribution in [0, 0.1) is 11.3 Å². The van der Waals surface area contributed by atoms with Crippen LogP contribution in [-0.2, 0) is 5.41 Å². The summed E-state index contributed by atoms with van der Waals surface area (Å²) >= 11 is 0. The lowest BCUT2D eigenvalue weighted by Crippen LogP contribution is -2.26. The van der Waals surface area contributed by atoms with Crippen molar-refractivity contribution in [1.82, 2.24) is 0 Å². The van der Waals surface area contributed by atoms with E-state index < -0.39 is 5.41 Å². The molecule has 5 aromatic rings. The number of hydrogen-bond donors (Lipinski definition) is 2. The van der Waals surface area contributed by atoms with Gasteiger partial charge in [-0.1, -0.05) is 115 Å². The highest BCUT2D eigenvalue weighted by atomic mass is 14.5. The van der Waals surface area contributed by atoms with Crippen LogP contribution in [-0.4, -0.2) is 0 Å². The molecule has 7 rings (SSSR count). The number of rotatable bonds is 6. The zero-order valence-electron chi connectivity index (χ0n) is 23.8. The van der Waals surface area contributed by atoms with Gasteiger partial charge in [0.15, 0.2) is 0 Å². The molecule has 0 radical (unpaired) electrons. The summed E-state index contributed by atoms with van der Waals surface area (Å²) < 4.78 is 0. The van der Waals surface area contributed by atoms with Crippen molar-refractivity contribution in [3.63, 3.8) is 0 Å². The van der Waals surface area contributed by atoms with Crippen LogP contribution < -0.4 is 11.5 Å². The van der Waals surface area contributed by atoms with E-state index in [0.29, 0.717) is 5.57 Å². The maximum absolute atomic E-state index is 9.23. The molecule has 0 saturated carbocycles. The van der Waals surface area contributed by atoms with Crippen molar-refractivity contribution < 1.29 is 0 Å². The van der Waals surface area contributed by atoms with Crippen LogP contribution >= 0.6 is 0 Å². The smallest absolute Gasteiger partial charge is 0.0988 e. The Bertz CT molecular complexity index is 2020. The molecular formula is C40H31N3. The number of benzene rings is 5. The third-order valence-electron chi connectivity index (χ3n) is 8.89. The number of nitrogens with two attached hydrogens (primary N) is 2. The largest absolute Gasteiger partial charge is 0.405 e. The average molecular weight is 554 g/mol. The lowest BCUT2D eigenvalue weighted by Gasteiger charge is -2.31. The van der Waals surface area contributed by atoms with Crippen molar-refractivity contribution in [2.24, 2.45) is 11.5 Å². The summed E-state index contributed by atoms with van der Waals surface area (Å²) in [6, 6.07) is 40.1. The fraction of sp³-hybridized carbons (Fsp3) is 0.0750. The van der Waals surface area contributed by atoms with Gasteiger partial charge in [-0.05, 0) is 97.6 Å². The molecular weight excluding hydrogens is 522 g/mol. The molecule has 0 amide bonds. The first-order chi connectivity index (χ1) is 21.2. The van der Waals surface area contributed by atoms with Gasteiger partial charge in [0.1, 0.15) is 0 Å². The Hall–Kier alpha value is -5.59. The van der Waals surface area contributed by atoms with E-state index in [0.717, 1.165) is 24.0 Å². The second-order valence-corrected chi connectivity index (χ2v) is 11.0. The van der Waals surface area contributed by atoms with E-state index in [1.54, 1.807) is 12.3 Å². The molecule has 2 aliphatic rings. The summed E-state index contributed by atoms with van der Waals surface area (Å²) in [5.74, 6) is 0. The van der Waals surface area contributed by atoms with Crippen LogP contribution in [0.3, 0.4) is 0 Å². The molecule has 0 saturated heterocycles. The lowest BCUT2D eigenvalue weighted by atomic mass is 9.70. The molecule has 4 N–H and O–H groups in total. The topological polar surface area (TPSA) is 75.8 Å². The highest BCUT2D eigenvalue weighted by Gasteiger charge is 2.51. The van der Waals surface area contributed by atoms with Gasteiger partial charge in [0.2, 0.25) is 0 Å². The highest BCUT2D eigenvalue weighted by molar-refractivity contribution is 6.06. The molecule has 43 heavy (non-hydrogen) atoms. The van der Waals surface area contributed by atoms with Crippen LogP contribution in [0.1, 0.15) is 40.7 Å². The van der Waals surface area contributed by atoms with Gasteiger partial charge in [-0.3, -0.25) is 0 Å². The second-order valence-electron chi connectivity index (χ2n) is 11.0. The Morgan fingerprint density at radius 3 is 2.14 bits per heavy atom. The molecule has 0 bridgehead atoms. The van der Waals surface area contributed by atoms with Gasteiger partial charge < -0.3 is 11.5 Å². The zero-order chi connectivity index (χ0) is 29.4. The van der Waals surface area contributed by atoms with E-state index in [4.69, 9.17) is 11.5 Å². The lowest BCUT2D eigenvalue weighted by molar-refractivity contribution is 0.794. The van der Waals surface area contributed by atoms with Gasteiger partial charge in [0, 0.05) is 11.8 Å². The summed E-state index contributed by atoms with van der Waals surface area (Å²) in [5, 5.41) is 11.7. The number of unbranched alkanes of at least 4 members (excludes halogenated alkanes) is 1. The third-order valence-corrected chi connectivity index (χ3v) is 8.89. The van der Waals surface area contributed by atoms with Crippen molar-refractivity contribution in [3.05, 3.63) is 173 Å². The molecule has 0 aromatic heterocycles. The second kappa shape index (κ2) is 10.7. The minimum Gasteiger partial charge on any atom is -0.405 e. The molecule has 0 fully saturated rings.